The van der Waals surface area contributed by atoms with Crippen LogP contribution in [-0.2, 0) is 0 Å². The van der Waals surface area contributed by atoms with E-state index < -0.39 is 0 Å². The molecule has 110 valence electrons. The van der Waals surface area contributed by atoms with Crippen LogP contribution in [-0.4, -0.2) is 10.1 Å². The fourth-order valence-corrected chi connectivity index (χ4v) is 2.58. The van der Waals surface area contributed by atoms with E-state index in [0.29, 0.717) is 11.2 Å². The van der Waals surface area contributed by atoms with Crippen LogP contribution in [0.1, 0.15) is 0 Å². The highest BCUT2D eigenvalue weighted by Gasteiger charge is 2.05. The van der Waals surface area contributed by atoms with Gasteiger partial charge in [-0.3, -0.25) is 4.98 Å². The van der Waals surface area contributed by atoms with Gasteiger partial charge in [0.15, 0.2) is 0 Å². The lowest BCUT2D eigenvalue weighted by atomic mass is 10.1. The number of hydrogen-bond donors (Lipinski definition) is 1. The van der Waals surface area contributed by atoms with Crippen molar-refractivity contribution < 1.29 is 5.11 Å². The lowest BCUT2D eigenvalue weighted by Gasteiger charge is -2.02. The molecule has 4 nitrogen and oxygen atoms in total. The molecule has 0 saturated heterocycles. The Morgan fingerprint density at radius 1 is 0.783 bits per heavy atom. The van der Waals surface area contributed by atoms with Crippen molar-refractivity contribution in [2.24, 2.45) is 10.2 Å². The van der Waals surface area contributed by atoms with Gasteiger partial charge < -0.3 is 5.11 Å². The van der Waals surface area contributed by atoms with E-state index in [9.17, 15) is 5.11 Å². The Labute approximate surface area is 132 Å². The van der Waals surface area contributed by atoms with E-state index in [4.69, 9.17) is 0 Å². The molecule has 0 fully saturated rings. The highest BCUT2D eigenvalue weighted by atomic mass is 16.3. The SMILES string of the molecule is Oc1ccc(N=Nc2ccc3ccccc3c2)c2cccnc12. The molecule has 0 radical (unpaired) electrons. The molecule has 0 aliphatic rings. The summed E-state index contributed by atoms with van der Waals surface area (Å²) in [5, 5.41) is 21.6. The average molecular weight is 299 g/mol. The Balaban J connectivity index is 1.77. The van der Waals surface area contributed by atoms with Crippen LogP contribution in [0.25, 0.3) is 21.7 Å². The number of nitrogens with zero attached hydrogens (tertiary/aromatic N) is 3. The highest BCUT2D eigenvalue weighted by molar-refractivity contribution is 5.93. The van der Waals surface area contributed by atoms with Gasteiger partial charge in [0.25, 0.3) is 0 Å². The fourth-order valence-electron chi connectivity index (χ4n) is 2.58. The molecule has 0 spiro atoms. The summed E-state index contributed by atoms with van der Waals surface area (Å²) in [7, 11) is 0. The molecule has 4 rings (SSSR count). The molecule has 0 amide bonds. The summed E-state index contributed by atoms with van der Waals surface area (Å²) < 4.78 is 0. The smallest absolute Gasteiger partial charge is 0.141 e. The van der Waals surface area contributed by atoms with E-state index in [1.807, 2.05) is 48.5 Å². The van der Waals surface area contributed by atoms with E-state index in [2.05, 4.69) is 21.3 Å². The van der Waals surface area contributed by atoms with Gasteiger partial charge in [0.05, 0.1) is 11.4 Å². The van der Waals surface area contributed by atoms with E-state index in [1.165, 1.54) is 5.39 Å². The summed E-state index contributed by atoms with van der Waals surface area (Å²) in [6.07, 6.45) is 1.65. The van der Waals surface area contributed by atoms with Crippen molar-refractivity contribution in [3.63, 3.8) is 0 Å². The number of phenolic OH excluding ortho intramolecular Hbond substituents is 1. The summed E-state index contributed by atoms with van der Waals surface area (Å²) in [6, 6.07) is 21.1. The van der Waals surface area contributed by atoms with Gasteiger partial charge in [-0.15, -0.1) is 5.11 Å². The van der Waals surface area contributed by atoms with E-state index in [-0.39, 0.29) is 5.75 Å². The Kier molecular flexibility index (Phi) is 3.20. The topological polar surface area (TPSA) is 57.8 Å². The number of benzene rings is 3. The molecule has 0 aliphatic heterocycles. The third kappa shape index (κ3) is 2.51. The minimum atomic E-state index is 0.144. The molecule has 0 aliphatic carbocycles. The standard InChI is InChI=1S/C19H13N3O/c23-18-10-9-17(16-6-3-11-20-19(16)18)22-21-15-8-7-13-4-1-2-5-14(13)12-15/h1-12,23H. The molecule has 1 aromatic heterocycles. The molecular formula is C19H13N3O. The number of pyridine rings is 1. The Morgan fingerprint density at radius 2 is 1.65 bits per heavy atom. The van der Waals surface area contributed by atoms with Crippen molar-refractivity contribution >= 4 is 33.1 Å². The van der Waals surface area contributed by atoms with Crippen LogP contribution in [0, 0.1) is 0 Å². The van der Waals surface area contributed by atoms with Crippen molar-refractivity contribution in [2.75, 3.05) is 0 Å². The van der Waals surface area contributed by atoms with Crippen LogP contribution in [0.2, 0.25) is 0 Å². The zero-order valence-corrected chi connectivity index (χ0v) is 12.2. The number of hydrogen-bond acceptors (Lipinski definition) is 4. The maximum Gasteiger partial charge on any atom is 0.141 e. The molecule has 23 heavy (non-hydrogen) atoms. The number of rotatable bonds is 2. The van der Waals surface area contributed by atoms with Gasteiger partial charge >= 0.3 is 0 Å². The molecule has 1 heterocycles. The largest absolute Gasteiger partial charge is 0.506 e. The van der Waals surface area contributed by atoms with Crippen LogP contribution < -0.4 is 0 Å². The number of azo groups is 1. The maximum atomic E-state index is 9.86. The van der Waals surface area contributed by atoms with Crippen molar-refractivity contribution in [1.29, 1.82) is 0 Å². The zero-order valence-electron chi connectivity index (χ0n) is 12.2. The molecule has 1 N–H and O–H groups in total. The van der Waals surface area contributed by atoms with E-state index in [0.717, 1.165) is 16.5 Å². The average Bonchev–Trinajstić information content (AvgIpc) is 2.61. The van der Waals surface area contributed by atoms with Gasteiger partial charge in [-0.05, 0) is 47.2 Å². The van der Waals surface area contributed by atoms with Gasteiger partial charge in [-0.2, -0.15) is 5.11 Å². The molecule has 4 aromatic rings. The Morgan fingerprint density at radius 3 is 2.57 bits per heavy atom. The lowest BCUT2D eigenvalue weighted by Crippen LogP contribution is -1.79. The Hall–Kier alpha value is -3.27. The summed E-state index contributed by atoms with van der Waals surface area (Å²) in [4.78, 5) is 4.19. The van der Waals surface area contributed by atoms with Crippen LogP contribution in [0.3, 0.4) is 0 Å². The molecular weight excluding hydrogens is 286 g/mol. The predicted octanol–water partition coefficient (Wildman–Crippen LogP) is 5.51. The van der Waals surface area contributed by atoms with Gasteiger partial charge in [-0.25, -0.2) is 0 Å². The lowest BCUT2D eigenvalue weighted by molar-refractivity contribution is 0.480. The van der Waals surface area contributed by atoms with Crippen LogP contribution in [0.4, 0.5) is 11.4 Å². The third-order valence-corrected chi connectivity index (χ3v) is 3.73. The monoisotopic (exact) mass is 299 g/mol. The molecule has 0 saturated carbocycles. The van der Waals surface area contributed by atoms with Gasteiger partial charge in [0, 0.05) is 11.6 Å². The number of phenols is 1. The van der Waals surface area contributed by atoms with Crippen LogP contribution in [0.15, 0.2) is 83.2 Å². The number of aromatic nitrogens is 1. The summed E-state index contributed by atoms with van der Waals surface area (Å²) in [6.45, 7) is 0. The van der Waals surface area contributed by atoms with Crippen LogP contribution in [0.5, 0.6) is 5.75 Å². The van der Waals surface area contributed by atoms with Gasteiger partial charge in [-0.1, -0.05) is 30.3 Å². The highest BCUT2D eigenvalue weighted by Crippen LogP contribution is 2.32. The van der Waals surface area contributed by atoms with Gasteiger partial charge in [0.1, 0.15) is 11.3 Å². The molecule has 3 aromatic carbocycles. The molecule has 0 atom stereocenters. The first kappa shape index (κ1) is 13.4. The first-order chi connectivity index (χ1) is 11.3. The Bertz CT molecular complexity index is 1040. The van der Waals surface area contributed by atoms with Crippen molar-refractivity contribution in [2.45, 2.75) is 0 Å². The quantitative estimate of drug-likeness (QED) is 0.496. The van der Waals surface area contributed by atoms with E-state index >= 15 is 0 Å². The molecule has 0 unspecified atom stereocenters. The second-order valence-electron chi connectivity index (χ2n) is 5.23. The summed E-state index contributed by atoms with van der Waals surface area (Å²) >= 11 is 0. The number of aromatic hydroxyl groups is 1. The first-order valence-electron chi connectivity index (χ1n) is 7.28. The van der Waals surface area contributed by atoms with E-state index in [1.54, 1.807) is 18.3 Å². The minimum Gasteiger partial charge on any atom is -0.506 e. The predicted molar refractivity (Wildman–Crippen MR) is 91.5 cm³/mol. The summed E-state index contributed by atoms with van der Waals surface area (Å²) in [5.41, 5.74) is 2.00. The first-order valence-corrected chi connectivity index (χ1v) is 7.28. The van der Waals surface area contributed by atoms with Gasteiger partial charge in [0.2, 0.25) is 0 Å². The second-order valence-corrected chi connectivity index (χ2v) is 5.23. The molecule has 4 heteroatoms. The summed E-state index contributed by atoms with van der Waals surface area (Å²) in [5.74, 6) is 0.144. The van der Waals surface area contributed by atoms with Crippen LogP contribution >= 0.6 is 0 Å². The third-order valence-electron chi connectivity index (χ3n) is 3.73. The number of fused-ring (bicyclic) bond motifs is 2. The molecule has 0 bridgehead atoms. The van der Waals surface area contributed by atoms with Crippen molar-refractivity contribution in [1.82, 2.24) is 4.98 Å². The zero-order chi connectivity index (χ0) is 15.6. The minimum absolute atomic E-state index is 0.144. The van der Waals surface area contributed by atoms with Crippen molar-refractivity contribution in [3.8, 4) is 5.75 Å². The van der Waals surface area contributed by atoms with Crippen molar-refractivity contribution in [3.05, 3.63) is 72.9 Å². The maximum absolute atomic E-state index is 9.86. The fraction of sp³-hybridized carbons (Fsp3) is 0. The normalized spacial score (nSPS) is 11.5. The second kappa shape index (κ2) is 5.50.